The van der Waals surface area contributed by atoms with Crippen molar-refractivity contribution in [3.63, 3.8) is 0 Å². The third kappa shape index (κ3) is 8.05. The number of amides is 1. The van der Waals surface area contributed by atoms with E-state index in [1.54, 1.807) is 0 Å². The number of nitrogens with one attached hydrogen (secondary N) is 1. The number of aliphatic hydroxyl groups excluding tert-OH is 5. The van der Waals surface area contributed by atoms with Crippen LogP contribution in [0.25, 0.3) is 0 Å². The van der Waals surface area contributed by atoms with Gasteiger partial charge in [0.2, 0.25) is 5.91 Å². The van der Waals surface area contributed by atoms with Gasteiger partial charge >= 0.3 is 0 Å². The van der Waals surface area contributed by atoms with Gasteiger partial charge in [-0.3, -0.25) is 4.79 Å². The Morgan fingerprint density at radius 3 is 2.27 bits per heavy atom. The maximum Gasteiger partial charge on any atom is 0.249 e. The normalized spacial score (nSPS) is 43.3. The lowest BCUT2D eigenvalue weighted by Crippen LogP contribution is -2.69. The summed E-state index contributed by atoms with van der Waals surface area (Å²) in [6, 6.07) is -3.50. The smallest absolute Gasteiger partial charge is 0.249 e. The fourth-order valence-electron chi connectivity index (χ4n) is 5.41. The highest BCUT2D eigenvalue weighted by Gasteiger charge is 2.51. The maximum atomic E-state index is 12.6. The first-order valence-corrected chi connectivity index (χ1v) is 13.9. The molecule has 3 fully saturated rings. The van der Waals surface area contributed by atoms with Gasteiger partial charge in [-0.1, -0.05) is 0 Å². The molecule has 0 aromatic carbocycles. The Balaban J connectivity index is 1.80. The molecule has 0 bridgehead atoms. The molecule has 0 radical (unpaired) electrons. The van der Waals surface area contributed by atoms with Gasteiger partial charge in [0.25, 0.3) is 0 Å². The summed E-state index contributed by atoms with van der Waals surface area (Å²) in [5, 5.41) is 54.6. The second-order valence-corrected chi connectivity index (χ2v) is 10.9. The van der Waals surface area contributed by atoms with Crippen molar-refractivity contribution in [2.75, 3.05) is 19.7 Å². The molecule has 2 aliphatic heterocycles. The number of aliphatic hydroxyl groups is 5. The van der Waals surface area contributed by atoms with Crippen LogP contribution in [0, 0.1) is 0 Å². The molecule has 0 spiro atoms. The third-order valence-electron chi connectivity index (χ3n) is 7.84. The highest BCUT2D eigenvalue weighted by Crippen LogP contribution is 2.32. The van der Waals surface area contributed by atoms with Gasteiger partial charge < -0.3 is 78.5 Å². The highest BCUT2D eigenvalue weighted by molar-refractivity contribution is 5.80. The summed E-state index contributed by atoms with van der Waals surface area (Å²) in [7, 11) is 0. The predicted octanol–water partition coefficient (Wildman–Crippen LogP) is -5.62. The number of rotatable bonds is 12. The summed E-state index contributed by atoms with van der Waals surface area (Å²) in [5.41, 5.74) is 29.6. The van der Waals surface area contributed by atoms with E-state index in [2.05, 4.69) is 5.32 Å². The number of hydrogen-bond donors (Lipinski definition) is 11. The number of ether oxygens (including phenoxy) is 4. The first-order valence-electron chi connectivity index (χ1n) is 13.9. The molecule has 1 aliphatic carbocycles. The molecule has 1 amide bonds. The summed E-state index contributed by atoms with van der Waals surface area (Å²) >= 11 is 0. The number of carbonyl (C=O) groups excluding carboxylic acids is 1. The van der Waals surface area contributed by atoms with Crippen LogP contribution in [0.2, 0.25) is 0 Å². The third-order valence-corrected chi connectivity index (χ3v) is 7.84. The van der Waals surface area contributed by atoms with Crippen molar-refractivity contribution in [1.29, 1.82) is 0 Å². The van der Waals surface area contributed by atoms with Crippen molar-refractivity contribution in [1.82, 2.24) is 5.32 Å². The Kier molecular flexibility index (Phi) is 12.9. The van der Waals surface area contributed by atoms with Gasteiger partial charge in [-0.2, -0.15) is 0 Å². The van der Waals surface area contributed by atoms with Crippen LogP contribution in [0.15, 0.2) is 0 Å². The lowest BCUT2D eigenvalue weighted by Gasteiger charge is -2.48. The van der Waals surface area contributed by atoms with E-state index in [1.165, 1.54) is 0 Å². The molecule has 6 unspecified atom stereocenters. The first kappa shape index (κ1) is 33.4. The molecule has 40 heavy (non-hydrogen) atoms. The van der Waals surface area contributed by atoms with Crippen LogP contribution in [0.4, 0.5) is 0 Å². The van der Waals surface area contributed by atoms with Crippen LogP contribution in [0.3, 0.4) is 0 Å². The highest BCUT2D eigenvalue weighted by atomic mass is 16.7. The van der Waals surface area contributed by atoms with E-state index < -0.39 is 92.0 Å². The summed E-state index contributed by atoms with van der Waals surface area (Å²) in [5.74, 6) is -0.756. The Bertz CT molecular complexity index is 784. The minimum absolute atomic E-state index is 0.00201. The lowest BCUT2D eigenvalue weighted by molar-refractivity contribution is -0.314. The standard InChI is InChI=1S/C24H48N6O10/c25-6-1-2-10-3-4-11(27)23(37-10)39-20-12(28)8-13(30-22(36)14(32)5-7-26)21(19(20)35)40-24-18(34)16(29)17(33)15(9-31)38-24/h10-21,23-24,31-35H,1-9,25-29H2,(H,30,36)/t10?,11?,12-,13+,14-,15?,16-,17+,18?,19?,20?,21-,23+,24+/m0/s1. The molecule has 3 rings (SSSR count). The van der Waals surface area contributed by atoms with E-state index in [1.807, 2.05) is 0 Å². The molecule has 14 atom stereocenters. The molecule has 16 heteroatoms. The van der Waals surface area contributed by atoms with Crippen LogP contribution in [0.5, 0.6) is 0 Å². The van der Waals surface area contributed by atoms with Gasteiger partial charge in [-0.25, -0.2) is 0 Å². The second-order valence-electron chi connectivity index (χ2n) is 10.9. The van der Waals surface area contributed by atoms with E-state index in [0.29, 0.717) is 13.0 Å². The number of nitrogens with two attached hydrogens (primary N) is 5. The zero-order valence-electron chi connectivity index (χ0n) is 22.6. The predicted molar refractivity (Wildman–Crippen MR) is 140 cm³/mol. The second kappa shape index (κ2) is 15.4. The number of carbonyl (C=O) groups is 1. The van der Waals surface area contributed by atoms with E-state index in [4.69, 9.17) is 47.6 Å². The van der Waals surface area contributed by atoms with E-state index >= 15 is 0 Å². The Morgan fingerprint density at radius 2 is 1.62 bits per heavy atom. The largest absolute Gasteiger partial charge is 0.394 e. The molecule has 3 aliphatic rings. The Hall–Kier alpha value is -1.09. The molecule has 234 valence electrons. The van der Waals surface area contributed by atoms with Crippen molar-refractivity contribution < 1.29 is 49.3 Å². The van der Waals surface area contributed by atoms with Gasteiger partial charge in [0.15, 0.2) is 12.6 Å². The van der Waals surface area contributed by atoms with Crippen molar-refractivity contribution in [3.05, 3.63) is 0 Å². The molecule has 2 saturated heterocycles. The van der Waals surface area contributed by atoms with E-state index in [-0.39, 0.29) is 25.5 Å². The van der Waals surface area contributed by atoms with Crippen molar-refractivity contribution in [3.8, 4) is 0 Å². The SMILES string of the molecule is NCCCC1CCC(N)[C@@H](OC2C(O)[C@@H](O[C@H]3OC(CO)[C@@H](O)[C@H](N)C3O)[C@H](NC(=O)[C@@H](O)CCN)C[C@@H]2N)O1. The van der Waals surface area contributed by atoms with Gasteiger partial charge in [-0.05, 0) is 51.6 Å². The molecule has 0 aromatic rings. The van der Waals surface area contributed by atoms with Crippen molar-refractivity contribution in [2.24, 2.45) is 28.7 Å². The van der Waals surface area contributed by atoms with Gasteiger partial charge in [0.1, 0.15) is 42.7 Å². The lowest BCUT2D eigenvalue weighted by atomic mass is 9.83. The quantitative estimate of drug-likeness (QED) is 0.102. The van der Waals surface area contributed by atoms with Gasteiger partial charge in [0, 0.05) is 6.04 Å². The van der Waals surface area contributed by atoms with E-state index in [0.717, 1.165) is 19.3 Å². The average Bonchev–Trinajstić information content (AvgIpc) is 2.93. The fourth-order valence-corrected chi connectivity index (χ4v) is 5.41. The van der Waals surface area contributed by atoms with Gasteiger partial charge in [0.05, 0.1) is 30.8 Å². The first-order chi connectivity index (χ1) is 19.0. The minimum atomic E-state index is -1.54. The molecule has 0 aromatic heterocycles. The van der Waals surface area contributed by atoms with Crippen LogP contribution in [0.1, 0.15) is 38.5 Å². The minimum Gasteiger partial charge on any atom is -0.394 e. The molecule has 2 heterocycles. The molecule has 1 saturated carbocycles. The summed E-state index contributed by atoms with van der Waals surface area (Å²) in [6.45, 7) is -0.0301. The van der Waals surface area contributed by atoms with Gasteiger partial charge in [-0.15, -0.1) is 0 Å². The van der Waals surface area contributed by atoms with Crippen LogP contribution in [-0.4, -0.2) is 137 Å². The van der Waals surface area contributed by atoms with Crippen molar-refractivity contribution in [2.45, 2.75) is 124 Å². The van der Waals surface area contributed by atoms with Crippen LogP contribution < -0.4 is 34.0 Å². The summed E-state index contributed by atoms with van der Waals surface area (Å²) in [6.07, 6.45) is -8.95. The van der Waals surface area contributed by atoms with Crippen LogP contribution >= 0.6 is 0 Å². The Morgan fingerprint density at radius 1 is 0.925 bits per heavy atom. The topological polar surface area (TPSA) is 297 Å². The van der Waals surface area contributed by atoms with Crippen molar-refractivity contribution >= 4 is 5.91 Å². The summed E-state index contributed by atoms with van der Waals surface area (Å²) in [4.78, 5) is 12.6. The maximum absolute atomic E-state index is 12.6. The average molecular weight is 581 g/mol. The molecular weight excluding hydrogens is 532 g/mol. The monoisotopic (exact) mass is 580 g/mol. The van der Waals surface area contributed by atoms with Crippen LogP contribution in [-0.2, 0) is 23.7 Å². The van der Waals surface area contributed by atoms with E-state index in [9.17, 15) is 30.3 Å². The zero-order chi connectivity index (χ0) is 29.6. The summed E-state index contributed by atoms with van der Waals surface area (Å²) < 4.78 is 23.7. The molecule has 16 nitrogen and oxygen atoms in total. The zero-order valence-corrected chi connectivity index (χ0v) is 22.6. The molecule has 16 N–H and O–H groups in total. The number of hydrogen-bond acceptors (Lipinski definition) is 15. The molecular formula is C24H48N6O10. The fraction of sp³-hybridized carbons (Fsp3) is 0.958. The Labute approximate surface area is 233 Å².